The highest BCUT2D eigenvalue weighted by molar-refractivity contribution is 6.07. The van der Waals surface area contributed by atoms with Crippen LogP contribution in [0.1, 0.15) is 23.7 Å². The molecule has 0 aromatic heterocycles. The number of rotatable bonds is 3. The number of ether oxygens (including phenoxy) is 1. The largest absolute Gasteiger partial charge is 0.492 e. The third-order valence-electron chi connectivity index (χ3n) is 3.13. The van der Waals surface area contributed by atoms with Gasteiger partial charge < -0.3 is 9.84 Å². The monoisotopic (exact) mass is 247 g/mol. The summed E-state index contributed by atoms with van der Waals surface area (Å²) in [6, 6.07) is 6.72. The summed E-state index contributed by atoms with van der Waals surface area (Å²) in [7, 11) is 0. The fourth-order valence-electron chi connectivity index (χ4n) is 2.07. The van der Waals surface area contributed by atoms with Gasteiger partial charge >= 0.3 is 0 Å². The van der Waals surface area contributed by atoms with Crippen molar-refractivity contribution in [3.05, 3.63) is 40.3 Å². The third-order valence-corrected chi connectivity index (χ3v) is 3.13. The van der Waals surface area contributed by atoms with Crippen molar-refractivity contribution in [1.82, 2.24) is 0 Å². The number of hydrogen-bond donors (Lipinski definition) is 1. The van der Waals surface area contributed by atoms with Crippen LogP contribution in [-0.4, -0.2) is 29.1 Å². The molecule has 94 valence electrons. The van der Waals surface area contributed by atoms with Gasteiger partial charge in [0, 0.05) is 4.91 Å². The molecule has 0 radical (unpaired) electrons. The predicted octanol–water partition coefficient (Wildman–Crippen LogP) is 2.08. The number of carbonyl (C=O) groups is 1. The molecule has 6 heteroatoms. The van der Waals surface area contributed by atoms with Gasteiger partial charge in [-0.2, -0.15) is 0 Å². The van der Waals surface area contributed by atoms with Gasteiger partial charge in [-0.25, -0.2) is 0 Å². The Morgan fingerprint density at radius 3 is 3.00 bits per heavy atom. The molecule has 1 aliphatic rings. The number of carbonyl (C=O) groups excluding carboxylic acids is 1. The Kier molecular flexibility index (Phi) is 3.23. The second-order valence-corrected chi connectivity index (χ2v) is 4.15. The molecule has 2 rings (SSSR count). The summed E-state index contributed by atoms with van der Waals surface area (Å²) in [4.78, 5) is 15.1. The van der Waals surface area contributed by atoms with Crippen LogP contribution in [0.2, 0.25) is 0 Å². The lowest BCUT2D eigenvalue weighted by atomic mass is 9.82. The molecular weight excluding hydrogens is 234 g/mol. The highest BCUT2D eigenvalue weighted by Gasteiger charge is 2.48. The number of aliphatic hydroxyl groups is 1. The van der Waals surface area contributed by atoms with E-state index in [4.69, 9.17) is 10.3 Å². The van der Waals surface area contributed by atoms with Crippen molar-refractivity contribution in [1.29, 1.82) is 0 Å². The Morgan fingerprint density at radius 2 is 2.33 bits per heavy atom. The minimum Gasteiger partial charge on any atom is -0.492 e. The highest BCUT2D eigenvalue weighted by atomic mass is 16.5. The summed E-state index contributed by atoms with van der Waals surface area (Å²) in [5.41, 5.74) is 7.41. The Labute approximate surface area is 104 Å². The van der Waals surface area contributed by atoms with E-state index in [9.17, 15) is 9.90 Å². The molecule has 1 heterocycles. The van der Waals surface area contributed by atoms with Gasteiger partial charge in [0.05, 0.1) is 11.7 Å². The SMILES string of the molecule is CC[C@H](O)[C@@]1(N=[N+]=[N-])COc2ccccc2C1=O. The first-order chi connectivity index (χ1) is 8.65. The van der Waals surface area contributed by atoms with E-state index in [-0.39, 0.29) is 6.61 Å². The molecule has 1 aliphatic heterocycles. The van der Waals surface area contributed by atoms with Crippen LogP contribution in [0.15, 0.2) is 29.4 Å². The van der Waals surface area contributed by atoms with Gasteiger partial charge in [0.15, 0.2) is 11.3 Å². The Bertz CT molecular complexity index is 525. The fraction of sp³-hybridized carbons (Fsp3) is 0.417. The first-order valence-electron chi connectivity index (χ1n) is 5.66. The number of para-hydroxylation sites is 1. The molecule has 1 aromatic carbocycles. The zero-order valence-electron chi connectivity index (χ0n) is 9.91. The summed E-state index contributed by atoms with van der Waals surface area (Å²) in [6.45, 7) is 1.58. The van der Waals surface area contributed by atoms with Gasteiger partial charge in [-0.15, -0.1) is 0 Å². The van der Waals surface area contributed by atoms with Gasteiger partial charge in [0.1, 0.15) is 12.4 Å². The third kappa shape index (κ3) is 1.72. The van der Waals surface area contributed by atoms with E-state index in [2.05, 4.69) is 10.0 Å². The van der Waals surface area contributed by atoms with Gasteiger partial charge in [-0.1, -0.05) is 24.2 Å². The maximum atomic E-state index is 12.4. The quantitative estimate of drug-likeness (QED) is 0.503. The number of benzene rings is 1. The molecule has 0 amide bonds. The summed E-state index contributed by atoms with van der Waals surface area (Å²) in [5.74, 6) is 0.0612. The molecule has 1 N–H and O–H groups in total. The van der Waals surface area contributed by atoms with E-state index in [1.54, 1.807) is 31.2 Å². The molecule has 1 aromatic rings. The number of azide groups is 1. The van der Waals surface area contributed by atoms with Crippen LogP contribution < -0.4 is 4.74 Å². The van der Waals surface area contributed by atoms with Crippen molar-refractivity contribution in [2.75, 3.05) is 6.61 Å². The van der Waals surface area contributed by atoms with E-state index in [1.807, 2.05) is 0 Å². The van der Waals surface area contributed by atoms with E-state index in [0.29, 0.717) is 17.7 Å². The molecule has 0 saturated heterocycles. The van der Waals surface area contributed by atoms with Crippen LogP contribution in [0.4, 0.5) is 0 Å². The zero-order chi connectivity index (χ0) is 13.2. The van der Waals surface area contributed by atoms with Crippen LogP contribution in [0, 0.1) is 0 Å². The van der Waals surface area contributed by atoms with E-state index in [1.165, 1.54) is 0 Å². The average molecular weight is 247 g/mol. The van der Waals surface area contributed by atoms with Crippen molar-refractivity contribution < 1.29 is 14.6 Å². The van der Waals surface area contributed by atoms with E-state index < -0.39 is 17.4 Å². The number of nitrogens with zero attached hydrogens (tertiary/aromatic N) is 3. The fourth-order valence-corrected chi connectivity index (χ4v) is 2.07. The molecule has 0 spiro atoms. The molecule has 0 aliphatic carbocycles. The number of fused-ring (bicyclic) bond motifs is 1. The Balaban J connectivity index is 2.53. The lowest BCUT2D eigenvalue weighted by Crippen LogP contribution is -2.54. The summed E-state index contributed by atoms with van der Waals surface area (Å²) >= 11 is 0. The first kappa shape index (κ1) is 12.4. The standard InChI is InChI=1S/C12H13N3O3/c1-2-10(16)12(14-15-13)7-18-9-6-4-3-5-8(9)11(12)17/h3-6,10,16H,2,7H2,1H3/t10-,12-/m0/s1. The zero-order valence-corrected chi connectivity index (χ0v) is 9.91. The van der Waals surface area contributed by atoms with Gasteiger partial charge in [-0.3, -0.25) is 4.79 Å². The van der Waals surface area contributed by atoms with Gasteiger partial charge in [-0.05, 0) is 24.1 Å². The number of aliphatic hydroxyl groups excluding tert-OH is 1. The summed E-state index contributed by atoms with van der Waals surface area (Å²) in [6.07, 6.45) is -0.759. The molecule has 0 bridgehead atoms. The smallest absolute Gasteiger partial charge is 0.184 e. The van der Waals surface area contributed by atoms with Gasteiger partial charge in [0.2, 0.25) is 0 Å². The van der Waals surface area contributed by atoms with Crippen molar-refractivity contribution in [2.24, 2.45) is 5.11 Å². The Morgan fingerprint density at radius 1 is 1.61 bits per heavy atom. The average Bonchev–Trinajstić information content (AvgIpc) is 2.41. The highest BCUT2D eigenvalue weighted by Crippen LogP contribution is 2.34. The van der Waals surface area contributed by atoms with Crippen LogP contribution in [0.3, 0.4) is 0 Å². The normalized spacial score (nSPS) is 23.6. The minimum absolute atomic E-state index is 0.137. The number of Topliss-reactive ketones (excluding diaryl/α,β-unsaturated/α-hetero) is 1. The maximum absolute atomic E-state index is 12.4. The lowest BCUT2D eigenvalue weighted by molar-refractivity contribution is 0.0332. The first-order valence-corrected chi connectivity index (χ1v) is 5.66. The second kappa shape index (κ2) is 4.68. The van der Waals surface area contributed by atoms with E-state index >= 15 is 0 Å². The number of hydrogen-bond acceptors (Lipinski definition) is 4. The number of ketones is 1. The minimum atomic E-state index is -1.56. The van der Waals surface area contributed by atoms with Crippen LogP contribution in [-0.2, 0) is 0 Å². The van der Waals surface area contributed by atoms with Crippen LogP contribution in [0.25, 0.3) is 10.4 Å². The molecular formula is C12H13N3O3. The topological polar surface area (TPSA) is 95.3 Å². The van der Waals surface area contributed by atoms with Crippen molar-refractivity contribution in [3.63, 3.8) is 0 Å². The Hall–Kier alpha value is -2.04. The molecule has 6 nitrogen and oxygen atoms in total. The van der Waals surface area contributed by atoms with Gasteiger partial charge in [0.25, 0.3) is 0 Å². The molecule has 18 heavy (non-hydrogen) atoms. The summed E-state index contributed by atoms with van der Waals surface area (Å²) < 4.78 is 5.44. The van der Waals surface area contributed by atoms with Crippen molar-refractivity contribution in [2.45, 2.75) is 25.0 Å². The van der Waals surface area contributed by atoms with Crippen molar-refractivity contribution >= 4 is 5.78 Å². The molecule has 0 saturated carbocycles. The maximum Gasteiger partial charge on any atom is 0.184 e. The predicted molar refractivity (Wildman–Crippen MR) is 64.4 cm³/mol. The van der Waals surface area contributed by atoms with E-state index in [0.717, 1.165) is 0 Å². The van der Waals surface area contributed by atoms with Crippen LogP contribution >= 0.6 is 0 Å². The molecule has 2 atom stereocenters. The van der Waals surface area contributed by atoms with Crippen molar-refractivity contribution in [3.8, 4) is 5.75 Å². The molecule has 0 unspecified atom stereocenters. The molecule has 0 fully saturated rings. The second-order valence-electron chi connectivity index (χ2n) is 4.15. The lowest BCUT2D eigenvalue weighted by Gasteiger charge is -2.35. The summed E-state index contributed by atoms with van der Waals surface area (Å²) in [5, 5.41) is 13.5. The van der Waals surface area contributed by atoms with Crippen LogP contribution in [0.5, 0.6) is 5.75 Å².